The van der Waals surface area contributed by atoms with Gasteiger partial charge < -0.3 is 0 Å². The van der Waals surface area contributed by atoms with Crippen LogP contribution in [0, 0.1) is 0 Å². The van der Waals surface area contributed by atoms with Crippen LogP contribution in [0.25, 0.3) is 0 Å². The second-order valence-electron chi connectivity index (χ2n) is 5.87. The normalized spacial score (nSPS) is 19.4. The molecule has 0 aliphatic rings. The highest BCUT2D eigenvalue weighted by Gasteiger charge is 2.26. The molecular weight excluding hydrogens is 242 g/mol. The minimum absolute atomic E-state index is 0.238. The van der Waals surface area contributed by atoms with Crippen molar-refractivity contribution in [1.29, 1.82) is 0 Å². The molecule has 0 heterocycles. The molecule has 0 bridgehead atoms. The van der Waals surface area contributed by atoms with Gasteiger partial charge in [0.1, 0.15) is 0 Å². The van der Waals surface area contributed by atoms with Crippen molar-refractivity contribution in [3.8, 4) is 0 Å². The molecule has 104 valence electrons. The molecule has 0 fully saturated rings. The summed E-state index contributed by atoms with van der Waals surface area (Å²) in [4.78, 5) is 0. The summed E-state index contributed by atoms with van der Waals surface area (Å²) in [6.07, 6.45) is 2.73. The van der Waals surface area contributed by atoms with Gasteiger partial charge in [0.15, 0.2) is 0 Å². The number of rotatable bonds is 8. The smallest absolute Gasteiger partial charge is 0.0111 e. The summed E-state index contributed by atoms with van der Waals surface area (Å²) < 4.78 is 0. The van der Waals surface area contributed by atoms with E-state index in [1.54, 1.807) is 5.90 Å². The van der Waals surface area contributed by atoms with Crippen LogP contribution in [0.15, 0.2) is 0 Å². The van der Waals surface area contributed by atoms with Crippen LogP contribution >= 0.6 is 15.8 Å². The summed E-state index contributed by atoms with van der Waals surface area (Å²) >= 11 is 0. The number of hydrogen-bond donors (Lipinski definition) is 0. The molecular formula is C15H34P2. The second-order valence-corrected chi connectivity index (χ2v) is 12.9. The molecule has 4 atom stereocenters. The first-order valence-corrected chi connectivity index (χ1v) is 10.7. The fourth-order valence-corrected chi connectivity index (χ4v) is 11.6. The van der Waals surface area contributed by atoms with Gasteiger partial charge in [0.2, 0.25) is 0 Å². The third-order valence-electron chi connectivity index (χ3n) is 3.97. The summed E-state index contributed by atoms with van der Waals surface area (Å²) in [7, 11) is 0.476. The van der Waals surface area contributed by atoms with Crippen molar-refractivity contribution in [1.82, 2.24) is 0 Å². The molecule has 0 aromatic heterocycles. The molecule has 2 heteroatoms. The van der Waals surface area contributed by atoms with E-state index in [2.05, 4.69) is 55.4 Å². The standard InChI is InChI=1S/C15H34P2/c1-9-14(7)16(12(3)4)11-17(13(5)6)15(8)10-2/h12-15H,9-11H2,1-8H3. The highest BCUT2D eigenvalue weighted by molar-refractivity contribution is 7.75. The summed E-state index contributed by atoms with van der Waals surface area (Å²) in [6, 6.07) is 0. The summed E-state index contributed by atoms with van der Waals surface area (Å²) in [5.74, 6) is 1.56. The van der Waals surface area contributed by atoms with Crippen LogP contribution in [0.5, 0.6) is 0 Å². The molecule has 0 aromatic carbocycles. The fraction of sp³-hybridized carbons (Fsp3) is 1.00. The Kier molecular flexibility index (Phi) is 9.32. The molecule has 0 N–H and O–H groups in total. The first kappa shape index (κ1) is 17.9. The van der Waals surface area contributed by atoms with Crippen molar-refractivity contribution in [3.63, 3.8) is 0 Å². The Hall–Kier alpha value is 0.860. The van der Waals surface area contributed by atoms with Crippen LogP contribution in [-0.4, -0.2) is 28.5 Å². The molecule has 0 spiro atoms. The predicted molar refractivity (Wildman–Crippen MR) is 88.5 cm³/mol. The molecule has 0 aliphatic carbocycles. The fourth-order valence-electron chi connectivity index (χ4n) is 2.28. The van der Waals surface area contributed by atoms with E-state index in [1.807, 2.05) is 0 Å². The van der Waals surface area contributed by atoms with Gasteiger partial charge in [-0.05, 0) is 41.4 Å². The minimum Gasteiger partial charge on any atom is -0.0968 e. The van der Waals surface area contributed by atoms with E-state index < -0.39 is 0 Å². The minimum atomic E-state index is 0.238. The number of hydrogen-bond acceptors (Lipinski definition) is 0. The molecule has 0 rings (SSSR count). The van der Waals surface area contributed by atoms with E-state index in [9.17, 15) is 0 Å². The summed E-state index contributed by atoms with van der Waals surface area (Å²) in [5, 5.41) is 0. The van der Waals surface area contributed by atoms with Gasteiger partial charge in [0, 0.05) is 0 Å². The Bertz CT molecular complexity index is 169. The lowest BCUT2D eigenvalue weighted by atomic mass is 10.4. The lowest BCUT2D eigenvalue weighted by Gasteiger charge is -2.36. The Balaban J connectivity index is 4.68. The Morgan fingerprint density at radius 1 is 0.647 bits per heavy atom. The van der Waals surface area contributed by atoms with Crippen LogP contribution in [0.4, 0.5) is 0 Å². The average Bonchev–Trinajstić information content (AvgIpc) is 2.27. The molecule has 0 saturated heterocycles. The van der Waals surface area contributed by atoms with Gasteiger partial charge in [0.05, 0.1) is 0 Å². The van der Waals surface area contributed by atoms with Crippen LogP contribution in [0.2, 0.25) is 0 Å². The van der Waals surface area contributed by atoms with Crippen LogP contribution in [-0.2, 0) is 0 Å². The molecule has 0 aromatic rings. The van der Waals surface area contributed by atoms with Gasteiger partial charge in [-0.15, -0.1) is 0 Å². The lowest BCUT2D eigenvalue weighted by molar-refractivity contribution is 0.863. The van der Waals surface area contributed by atoms with Crippen LogP contribution in [0.3, 0.4) is 0 Å². The van der Waals surface area contributed by atoms with E-state index >= 15 is 0 Å². The Morgan fingerprint density at radius 2 is 0.941 bits per heavy atom. The quantitative estimate of drug-likeness (QED) is 0.455. The Labute approximate surface area is 113 Å². The van der Waals surface area contributed by atoms with Gasteiger partial charge in [-0.3, -0.25) is 0 Å². The van der Waals surface area contributed by atoms with Crippen LogP contribution < -0.4 is 0 Å². The van der Waals surface area contributed by atoms with Crippen molar-refractivity contribution >= 4 is 15.8 Å². The molecule has 0 aliphatic heterocycles. The molecule has 0 amide bonds. The first-order chi connectivity index (χ1) is 7.84. The molecule has 0 saturated carbocycles. The molecule has 0 radical (unpaired) electrons. The van der Waals surface area contributed by atoms with E-state index in [-0.39, 0.29) is 15.8 Å². The molecule has 17 heavy (non-hydrogen) atoms. The largest absolute Gasteiger partial charge is 0.0968 e. The van der Waals surface area contributed by atoms with Gasteiger partial charge >= 0.3 is 0 Å². The highest BCUT2D eigenvalue weighted by atomic mass is 31.2. The topological polar surface area (TPSA) is 0 Å². The SMILES string of the molecule is CCC(C)P(CP(C(C)C)C(C)CC)C(C)C. The van der Waals surface area contributed by atoms with Gasteiger partial charge in [-0.1, -0.05) is 71.2 Å². The van der Waals surface area contributed by atoms with Gasteiger partial charge in [-0.2, -0.15) is 0 Å². The summed E-state index contributed by atoms with van der Waals surface area (Å²) in [6.45, 7) is 19.5. The average molecular weight is 276 g/mol. The van der Waals surface area contributed by atoms with Crippen molar-refractivity contribution in [2.24, 2.45) is 0 Å². The molecule has 4 unspecified atom stereocenters. The van der Waals surface area contributed by atoms with Crippen LogP contribution in [0.1, 0.15) is 68.2 Å². The van der Waals surface area contributed by atoms with E-state index in [0.29, 0.717) is 0 Å². The van der Waals surface area contributed by atoms with Crippen molar-refractivity contribution in [2.45, 2.75) is 90.9 Å². The maximum Gasteiger partial charge on any atom is -0.0111 e. The predicted octanol–water partition coefficient (Wildman–Crippen LogP) is 6.32. The third-order valence-corrected chi connectivity index (χ3v) is 12.2. The maximum absolute atomic E-state index is 2.48. The zero-order valence-corrected chi connectivity index (χ0v) is 15.1. The van der Waals surface area contributed by atoms with Gasteiger partial charge in [0.25, 0.3) is 0 Å². The van der Waals surface area contributed by atoms with Crippen molar-refractivity contribution in [2.75, 3.05) is 5.90 Å². The lowest BCUT2D eigenvalue weighted by Crippen LogP contribution is -2.14. The van der Waals surface area contributed by atoms with E-state index in [4.69, 9.17) is 0 Å². The highest BCUT2D eigenvalue weighted by Crippen LogP contribution is 2.61. The van der Waals surface area contributed by atoms with Crippen molar-refractivity contribution < 1.29 is 0 Å². The first-order valence-electron chi connectivity index (χ1n) is 7.36. The summed E-state index contributed by atoms with van der Waals surface area (Å²) in [5.41, 5.74) is 3.73. The maximum atomic E-state index is 2.48. The molecule has 0 nitrogen and oxygen atoms in total. The zero-order valence-electron chi connectivity index (χ0n) is 13.3. The van der Waals surface area contributed by atoms with E-state index in [0.717, 1.165) is 22.6 Å². The van der Waals surface area contributed by atoms with Crippen molar-refractivity contribution in [3.05, 3.63) is 0 Å². The Morgan fingerprint density at radius 3 is 1.12 bits per heavy atom. The third kappa shape index (κ3) is 6.02. The van der Waals surface area contributed by atoms with E-state index in [1.165, 1.54) is 12.8 Å². The zero-order chi connectivity index (χ0) is 13.6. The monoisotopic (exact) mass is 276 g/mol. The van der Waals surface area contributed by atoms with Gasteiger partial charge in [-0.25, -0.2) is 0 Å². The second kappa shape index (κ2) is 8.87.